The van der Waals surface area contributed by atoms with Crippen LogP contribution in [0, 0.1) is 0 Å². The van der Waals surface area contributed by atoms with Crippen molar-refractivity contribution in [2.75, 3.05) is 14.2 Å². The monoisotopic (exact) mass is 299 g/mol. The van der Waals surface area contributed by atoms with Crippen molar-refractivity contribution in [1.82, 2.24) is 4.31 Å². The summed E-state index contributed by atoms with van der Waals surface area (Å²) in [5, 5.41) is 8.99. The molecule has 0 radical (unpaired) electrons. The average Bonchev–Trinajstić information content (AvgIpc) is 2.35. The van der Waals surface area contributed by atoms with Gasteiger partial charge in [0.25, 0.3) is 0 Å². The van der Waals surface area contributed by atoms with Gasteiger partial charge in [-0.1, -0.05) is 6.42 Å². The van der Waals surface area contributed by atoms with Crippen LogP contribution in [0.5, 0.6) is 5.75 Å². The number of hydrogen-bond donors (Lipinski definition) is 1. The van der Waals surface area contributed by atoms with Crippen molar-refractivity contribution < 1.29 is 23.1 Å². The Bertz CT molecular complexity index is 622. The van der Waals surface area contributed by atoms with E-state index >= 15 is 0 Å². The van der Waals surface area contributed by atoms with Crippen LogP contribution in [0.1, 0.15) is 29.6 Å². The Morgan fingerprint density at radius 1 is 1.40 bits per heavy atom. The van der Waals surface area contributed by atoms with Crippen molar-refractivity contribution in [3.63, 3.8) is 0 Å². The van der Waals surface area contributed by atoms with Crippen LogP contribution < -0.4 is 4.74 Å². The summed E-state index contributed by atoms with van der Waals surface area (Å²) in [6, 6.07) is 3.82. The molecule has 0 atom stereocenters. The lowest BCUT2D eigenvalue weighted by Crippen LogP contribution is -2.41. The first kappa shape index (κ1) is 14.8. The second-order valence-corrected chi connectivity index (χ2v) is 6.74. The predicted octanol–water partition coefficient (Wildman–Crippen LogP) is 1.57. The molecule has 1 N–H and O–H groups in total. The van der Waals surface area contributed by atoms with Gasteiger partial charge in [-0.15, -0.1) is 0 Å². The van der Waals surface area contributed by atoms with Gasteiger partial charge in [-0.25, -0.2) is 13.2 Å². The Morgan fingerprint density at radius 3 is 2.50 bits per heavy atom. The zero-order valence-corrected chi connectivity index (χ0v) is 12.2. The lowest BCUT2D eigenvalue weighted by atomic mass is 9.94. The van der Waals surface area contributed by atoms with Gasteiger partial charge in [-0.05, 0) is 31.0 Å². The summed E-state index contributed by atoms with van der Waals surface area (Å²) in [4.78, 5) is 10.9. The number of carboxylic acid groups (broad SMARTS) is 1. The maximum Gasteiger partial charge on any atom is 0.335 e. The topological polar surface area (TPSA) is 83.9 Å². The molecule has 0 saturated heterocycles. The van der Waals surface area contributed by atoms with Gasteiger partial charge in [-0.3, -0.25) is 0 Å². The summed E-state index contributed by atoms with van der Waals surface area (Å²) in [7, 11) is -0.874. The van der Waals surface area contributed by atoms with Gasteiger partial charge >= 0.3 is 5.97 Å². The number of carboxylic acids is 1. The highest BCUT2D eigenvalue weighted by Gasteiger charge is 2.33. The molecule has 0 unspecified atom stereocenters. The van der Waals surface area contributed by atoms with Gasteiger partial charge < -0.3 is 9.84 Å². The number of benzene rings is 1. The highest BCUT2D eigenvalue weighted by Crippen LogP contribution is 2.32. The second kappa shape index (κ2) is 5.41. The zero-order valence-electron chi connectivity index (χ0n) is 11.4. The third-order valence-corrected chi connectivity index (χ3v) is 5.59. The van der Waals surface area contributed by atoms with Crippen LogP contribution in [-0.2, 0) is 10.0 Å². The maximum absolute atomic E-state index is 12.6. The predicted molar refractivity (Wildman–Crippen MR) is 72.5 cm³/mol. The molecule has 1 aromatic carbocycles. The van der Waals surface area contributed by atoms with E-state index in [2.05, 4.69) is 0 Å². The number of aromatic carboxylic acids is 1. The van der Waals surface area contributed by atoms with E-state index in [-0.39, 0.29) is 22.3 Å². The summed E-state index contributed by atoms with van der Waals surface area (Å²) < 4.78 is 31.5. The number of methoxy groups -OCH3 is 1. The number of sulfonamides is 1. The standard InChI is InChI=1S/C13H17NO5S/c1-14(10-4-3-5-10)20(17,18)12-8-9(13(15)16)6-7-11(12)19-2/h6-8,10H,3-5H2,1-2H3,(H,15,16). The Labute approximate surface area is 118 Å². The number of ether oxygens (including phenoxy) is 1. The van der Waals surface area contributed by atoms with Crippen molar-refractivity contribution in [2.24, 2.45) is 0 Å². The molecule has 0 bridgehead atoms. The van der Waals surface area contributed by atoms with E-state index < -0.39 is 16.0 Å². The molecular weight excluding hydrogens is 282 g/mol. The summed E-state index contributed by atoms with van der Waals surface area (Å²) in [6.45, 7) is 0. The van der Waals surface area contributed by atoms with Gasteiger partial charge in [0.2, 0.25) is 10.0 Å². The van der Waals surface area contributed by atoms with E-state index in [4.69, 9.17) is 9.84 Å². The lowest BCUT2D eigenvalue weighted by Gasteiger charge is -2.34. The van der Waals surface area contributed by atoms with Crippen molar-refractivity contribution in [1.29, 1.82) is 0 Å². The first-order valence-electron chi connectivity index (χ1n) is 6.27. The third-order valence-electron chi connectivity index (χ3n) is 3.66. The van der Waals surface area contributed by atoms with Gasteiger partial charge in [-0.2, -0.15) is 4.31 Å². The fraction of sp³-hybridized carbons (Fsp3) is 0.462. The molecule has 0 aromatic heterocycles. The van der Waals surface area contributed by atoms with E-state index in [1.807, 2.05) is 0 Å². The van der Waals surface area contributed by atoms with Crippen LogP contribution in [0.25, 0.3) is 0 Å². The van der Waals surface area contributed by atoms with Gasteiger partial charge in [0.1, 0.15) is 10.6 Å². The largest absolute Gasteiger partial charge is 0.495 e. The van der Waals surface area contributed by atoms with E-state index in [1.165, 1.54) is 30.6 Å². The van der Waals surface area contributed by atoms with E-state index in [0.29, 0.717) is 0 Å². The van der Waals surface area contributed by atoms with E-state index in [1.54, 1.807) is 0 Å². The molecule has 0 amide bonds. The van der Waals surface area contributed by atoms with E-state index in [0.717, 1.165) is 25.3 Å². The van der Waals surface area contributed by atoms with Crippen LogP contribution in [0.4, 0.5) is 0 Å². The molecule has 0 aliphatic heterocycles. The first-order valence-corrected chi connectivity index (χ1v) is 7.71. The second-order valence-electron chi connectivity index (χ2n) is 4.78. The molecule has 0 spiro atoms. The number of rotatable bonds is 5. The van der Waals surface area contributed by atoms with Crippen LogP contribution in [0.3, 0.4) is 0 Å². The quantitative estimate of drug-likeness (QED) is 0.892. The van der Waals surface area contributed by atoms with Crippen molar-refractivity contribution >= 4 is 16.0 Å². The molecule has 1 saturated carbocycles. The molecule has 1 aromatic rings. The SMILES string of the molecule is COc1ccc(C(=O)O)cc1S(=O)(=O)N(C)C1CCC1. The van der Waals surface area contributed by atoms with Gasteiger partial charge in [0, 0.05) is 13.1 Å². The smallest absolute Gasteiger partial charge is 0.335 e. The Kier molecular flexibility index (Phi) is 4.01. The minimum atomic E-state index is -3.75. The van der Waals surface area contributed by atoms with E-state index in [9.17, 15) is 13.2 Å². The number of hydrogen-bond acceptors (Lipinski definition) is 4. The molecular formula is C13H17NO5S. The van der Waals surface area contributed by atoms with Crippen molar-refractivity contribution in [2.45, 2.75) is 30.2 Å². The lowest BCUT2D eigenvalue weighted by molar-refractivity contribution is 0.0696. The number of carbonyl (C=O) groups is 1. The van der Waals surface area contributed by atoms with Crippen LogP contribution in [0.15, 0.2) is 23.1 Å². The van der Waals surface area contributed by atoms with Crippen molar-refractivity contribution in [3.05, 3.63) is 23.8 Å². The van der Waals surface area contributed by atoms with Crippen molar-refractivity contribution in [3.8, 4) is 5.75 Å². The Hall–Kier alpha value is -1.60. The van der Waals surface area contributed by atoms with Gasteiger partial charge in [0.15, 0.2) is 0 Å². The summed E-state index contributed by atoms with van der Waals surface area (Å²) in [6.07, 6.45) is 2.67. The molecule has 1 aliphatic carbocycles. The van der Waals surface area contributed by atoms with Crippen LogP contribution >= 0.6 is 0 Å². The molecule has 6 nitrogen and oxygen atoms in total. The summed E-state index contributed by atoms with van der Waals surface area (Å²) >= 11 is 0. The molecule has 1 fully saturated rings. The minimum absolute atomic E-state index is 0.0156. The summed E-state index contributed by atoms with van der Waals surface area (Å²) in [5.74, 6) is -1.02. The third kappa shape index (κ3) is 2.51. The fourth-order valence-corrected chi connectivity index (χ4v) is 3.71. The Balaban J connectivity index is 2.48. The highest BCUT2D eigenvalue weighted by molar-refractivity contribution is 7.89. The normalized spacial score (nSPS) is 15.9. The molecule has 1 aliphatic rings. The fourth-order valence-electron chi connectivity index (χ4n) is 2.11. The highest BCUT2D eigenvalue weighted by atomic mass is 32.2. The van der Waals surface area contributed by atoms with Crippen LogP contribution in [0.2, 0.25) is 0 Å². The molecule has 0 heterocycles. The molecule has 110 valence electrons. The van der Waals surface area contributed by atoms with Gasteiger partial charge in [0.05, 0.1) is 12.7 Å². The molecule has 2 rings (SSSR count). The first-order chi connectivity index (χ1) is 9.37. The maximum atomic E-state index is 12.6. The zero-order chi connectivity index (χ0) is 14.9. The Morgan fingerprint density at radius 2 is 2.05 bits per heavy atom. The number of nitrogens with zero attached hydrogens (tertiary/aromatic N) is 1. The van der Waals surface area contributed by atoms with Crippen LogP contribution in [-0.4, -0.2) is 44.0 Å². The molecule has 20 heavy (non-hydrogen) atoms. The minimum Gasteiger partial charge on any atom is -0.495 e. The average molecular weight is 299 g/mol. The summed E-state index contributed by atoms with van der Waals surface area (Å²) in [5.41, 5.74) is -0.0774. The molecule has 7 heteroatoms.